The number of benzene rings is 1. The van der Waals surface area contributed by atoms with Crippen LogP contribution in [-0.2, 0) is 6.54 Å². The number of rotatable bonds is 8. The standard InChI is InChI=1S/C15H23F3N2O/c1-12(2)20(11-15(16,17)18)8-3-9-21-14-6-4-13(10-19)5-7-14/h4-7,12H,3,8-11,19H2,1-2H3. The fourth-order valence-corrected chi connectivity index (χ4v) is 1.93. The minimum Gasteiger partial charge on any atom is -0.494 e. The first kappa shape index (κ1) is 17.8. The largest absolute Gasteiger partial charge is 0.494 e. The molecular weight excluding hydrogens is 281 g/mol. The van der Waals surface area contributed by atoms with Crippen LogP contribution in [0.5, 0.6) is 5.75 Å². The number of halogens is 3. The summed E-state index contributed by atoms with van der Waals surface area (Å²) in [5.74, 6) is 0.708. The normalized spacial score (nSPS) is 12.2. The van der Waals surface area contributed by atoms with E-state index in [1.807, 2.05) is 24.3 Å². The van der Waals surface area contributed by atoms with Crippen LogP contribution in [0.1, 0.15) is 25.8 Å². The lowest BCUT2D eigenvalue weighted by atomic mass is 10.2. The second-order valence-electron chi connectivity index (χ2n) is 5.23. The first-order valence-electron chi connectivity index (χ1n) is 7.04. The minimum absolute atomic E-state index is 0.143. The summed E-state index contributed by atoms with van der Waals surface area (Å²) in [6.45, 7) is 3.87. The van der Waals surface area contributed by atoms with E-state index in [-0.39, 0.29) is 6.04 Å². The van der Waals surface area contributed by atoms with Crippen LogP contribution in [-0.4, -0.2) is 36.8 Å². The van der Waals surface area contributed by atoms with Crippen LogP contribution in [0.4, 0.5) is 13.2 Å². The monoisotopic (exact) mass is 304 g/mol. The molecule has 0 heterocycles. The van der Waals surface area contributed by atoms with Gasteiger partial charge in [-0.25, -0.2) is 0 Å². The van der Waals surface area contributed by atoms with Gasteiger partial charge in [0, 0.05) is 19.1 Å². The van der Waals surface area contributed by atoms with Crippen molar-refractivity contribution in [3.05, 3.63) is 29.8 Å². The molecule has 21 heavy (non-hydrogen) atoms. The van der Waals surface area contributed by atoms with Gasteiger partial charge >= 0.3 is 6.18 Å². The van der Waals surface area contributed by atoms with Gasteiger partial charge in [-0.1, -0.05) is 12.1 Å². The summed E-state index contributed by atoms with van der Waals surface area (Å²) in [6, 6.07) is 7.24. The fraction of sp³-hybridized carbons (Fsp3) is 0.600. The van der Waals surface area contributed by atoms with Gasteiger partial charge in [0.25, 0.3) is 0 Å². The number of nitrogens with zero attached hydrogens (tertiary/aromatic N) is 1. The third kappa shape index (κ3) is 7.34. The second kappa shape index (κ2) is 8.24. The van der Waals surface area contributed by atoms with Gasteiger partial charge in [-0.15, -0.1) is 0 Å². The van der Waals surface area contributed by atoms with E-state index in [0.717, 1.165) is 5.56 Å². The molecule has 2 N–H and O–H groups in total. The summed E-state index contributed by atoms with van der Waals surface area (Å²) < 4.78 is 42.8. The van der Waals surface area contributed by atoms with Gasteiger partial charge in [-0.05, 0) is 38.0 Å². The molecule has 0 radical (unpaired) electrons. The summed E-state index contributed by atoms with van der Waals surface area (Å²) in [5.41, 5.74) is 6.51. The molecule has 0 unspecified atom stereocenters. The molecule has 6 heteroatoms. The highest BCUT2D eigenvalue weighted by Gasteiger charge is 2.31. The Kier molecular flexibility index (Phi) is 6.98. The Bertz CT molecular complexity index is 404. The average molecular weight is 304 g/mol. The first-order valence-corrected chi connectivity index (χ1v) is 7.04. The third-order valence-corrected chi connectivity index (χ3v) is 3.13. The van der Waals surface area contributed by atoms with E-state index >= 15 is 0 Å². The van der Waals surface area contributed by atoms with Gasteiger partial charge in [-0.3, -0.25) is 4.90 Å². The number of nitrogens with two attached hydrogens (primary N) is 1. The molecule has 0 spiro atoms. The molecule has 0 amide bonds. The van der Waals surface area contributed by atoms with Gasteiger partial charge in [0.1, 0.15) is 5.75 Å². The maximum absolute atomic E-state index is 12.4. The van der Waals surface area contributed by atoms with E-state index in [4.69, 9.17) is 10.5 Å². The van der Waals surface area contributed by atoms with Crippen LogP contribution >= 0.6 is 0 Å². The van der Waals surface area contributed by atoms with Crippen LogP contribution in [0.2, 0.25) is 0 Å². The molecule has 0 aliphatic carbocycles. The Morgan fingerprint density at radius 2 is 1.81 bits per heavy atom. The summed E-state index contributed by atoms with van der Waals surface area (Å²) >= 11 is 0. The zero-order valence-corrected chi connectivity index (χ0v) is 12.5. The van der Waals surface area contributed by atoms with Crippen LogP contribution < -0.4 is 10.5 Å². The Balaban J connectivity index is 2.33. The van der Waals surface area contributed by atoms with E-state index in [0.29, 0.717) is 31.9 Å². The van der Waals surface area contributed by atoms with Gasteiger partial charge < -0.3 is 10.5 Å². The van der Waals surface area contributed by atoms with Gasteiger partial charge in [0.2, 0.25) is 0 Å². The Hall–Kier alpha value is -1.27. The van der Waals surface area contributed by atoms with Crippen molar-refractivity contribution in [2.45, 2.75) is 39.0 Å². The van der Waals surface area contributed by atoms with Crippen LogP contribution in [0, 0.1) is 0 Å². The predicted molar refractivity (Wildman–Crippen MR) is 77.2 cm³/mol. The molecule has 0 aliphatic rings. The number of hydrogen-bond acceptors (Lipinski definition) is 3. The lowest BCUT2D eigenvalue weighted by Gasteiger charge is -2.27. The highest BCUT2D eigenvalue weighted by atomic mass is 19.4. The lowest BCUT2D eigenvalue weighted by molar-refractivity contribution is -0.149. The van der Waals surface area contributed by atoms with Crippen molar-refractivity contribution in [1.29, 1.82) is 0 Å². The summed E-state index contributed by atoms with van der Waals surface area (Å²) in [6.07, 6.45) is -3.61. The number of ether oxygens (including phenoxy) is 1. The summed E-state index contributed by atoms with van der Waals surface area (Å²) in [5, 5.41) is 0. The first-order chi connectivity index (χ1) is 9.81. The van der Waals surface area contributed by atoms with Gasteiger partial charge in [0.05, 0.1) is 13.2 Å². The molecule has 0 saturated heterocycles. The molecule has 0 bridgehead atoms. The number of alkyl halides is 3. The van der Waals surface area contributed by atoms with Gasteiger partial charge in [-0.2, -0.15) is 13.2 Å². The van der Waals surface area contributed by atoms with Crippen molar-refractivity contribution in [2.75, 3.05) is 19.7 Å². The van der Waals surface area contributed by atoms with Crippen molar-refractivity contribution in [2.24, 2.45) is 5.73 Å². The molecule has 0 aromatic heterocycles. The van der Waals surface area contributed by atoms with E-state index in [1.54, 1.807) is 13.8 Å². The third-order valence-electron chi connectivity index (χ3n) is 3.13. The molecule has 1 rings (SSSR count). The Morgan fingerprint density at radius 3 is 2.29 bits per heavy atom. The van der Waals surface area contributed by atoms with Crippen LogP contribution in [0.15, 0.2) is 24.3 Å². The molecule has 120 valence electrons. The molecule has 0 atom stereocenters. The topological polar surface area (TPSA) is 38.5 Å². The molecule has 3 nitrogen and oxygen atoms in total. The maximum atomic E-state index is 12.4. The van der Waals surface area contributed by atoms with Crippen molar-refractivity contribution < 1.29 is 17.9 Å². The van der Waals surface area contributed by atoms with Crippen molar-refractivity contribution in [1.82, 2.24) is 4.90 Å². The minimum atomic E-state index is -4.16. The summed E-state index contributed by atoms with van der Waals surface area (Å²) in [7, 11) is 0. The van der Waals surface area contributed by atoms with E-state index in [9.17, 15) is 13.2 Å². The van der Waals surface area contributed by atoms with E-state index < -0.39 is 12.7 Å². The molecule has 0 fully saturated rings. The maximum Gasteiger partial charge on any atom is 0.401 e. The lowest BCUT2D eigenvalue weighted by Crippen LogP contribution is -2.40. The van der Waals surface area contributed by atoms with Crippen LogP contribution in [0.25, 0.3) is 0 Å². The Morgan fingerprint density at radius 1 is 1.19 bits per heavy atom. The van der Waals surface area contributed by atoms with Gasteiger partial charge in [0.15, 0.2) is 0 Å². The van der Waals surface area contributed by atoms with Crippen LogP contribution in [0.3, 0.4) is 0 Å². The van der Waals surface area contributed by atoms with E-state index in [2.05, 4.69) is 0 Å². The molecular formula is C15H23F3N2O. The fourth-order valence-electron chi connectivity index (χ4n) is 1.93. The zero-order valence-electron chi connectivity index (χ0n) is 12.5. The molecule has 1 aromatic rings. The zero-order chi connectivity index (χ0) is 15.9. The highest BCUT2D eigenvalue weighted by Crippen LogP contribution is 2.18. The average Bonchev–Trinajstić information content (AvgIpc) is 2.41. The SMILES string of the molecule is CC(C)N(CCCOc1ccc(CN)cc1)CC(F)(F)F. The predicted octanol–water partition coefficient (Wildman–Crippen LogP) is 3.19. The number of hydrogen-bond donors (Lipinski definition) is 1. The van der Waals surface area contributed by atoms with Crippen molar-refractivity contribution in [3.63, 3.8) is 0 Å². The quantitative estimate of drug-likeness (QED) is 0.750. The summed E-state index contributed by atoms with van der Waals surface area (Å²) in [4.78, 5) is 1.40. The molecule has 1 aromatic carbocycles. The van der Waals surface area contributed by atoms with Crippen molar-refractivity contribution in [3.8, 4) is 5.75 Å². The highest BCUT2D eigenvalue weighted by molar-refractivity contribution is 5.26. The Labute approximate surface area is 123 Å². The second-order valence-corrected chi connectivity index (χ2v) is 5.23. The van der Waals surface area contributed by atoms with Crippen molar-refractivity contribution >= 4 is 0 Å². The molecule has 0 saturated carbocycles. The van der Waals surface area contributed by atoms with E-state index in [1.165, 1.54) is 4.90 Å². The molecule has 0 aliphatic heterocycles. The smallest absolute Gasteiger partial charge is 0.401 e.